The predicted molar refractivity (Wildman–Crippen MR) is 178 cm³/mol. The molecule has 0 N–H and O–H groups in total. The maximum atomic E-state index is 2.38. The number of rotatable bonds is 3. The van der Waals surface area contributed by atoms with Gasteiger partial charge in [-0.15, -0.1) is 0 Å². The van der Waals surface area contributed by atoms with Gasteiger partial charge in [-0.2, -0.15) is 0 Å². The number of hydrogen-bond acceptors (Lipinski definition) is 0. The minimum absolute atomic E-state index is 1.24. The maximum absolute atomic E-state index is 2.38. The number of hydrogen-bond donors (Lipinski definition) is 0. The first kappa shape index (κ1) is 23.7. The van der Waals surface area contributed by atoms with Gasteiger partial charge in [0.05, 0.1) is 0 Å². The monoisotopic (exact) mass is 520 g/mol. The summed E-state index contributed by atoms with van der Waals surface area (Å²) in [6.07, 6.45) is 0. The molecule has 0 unspecified atom stereocenters. The van der Waals surface area contributed by atoms with Gasteiger partial charge < -0.3 is 0 Å². The number of benzene rings is 8. The zero-order chi connectivity index (χ0) is 27.3. The zero-order valence-corrected chi connectivity index (χ0v) is 22.9. The van der Waals surface area contributed by atoms with E-state index in [-0.39, 0.29) is 0 Å². The van der Waals surface area contributed by atoms with Crippen molar-refractivity contribution in [2.24, 2.45) is 0 Å². The number of aryl methyl sites for hydroxylation is 1. The van der Waals surface area contributed by atoms with Crippen molar-refractivity contribution in [2.45, 2.75) is 6.92 Å². The van der Waals surface area contributed by atoms with E-state index < -0.39 is 0 Å². The van der Waals surface area contributed by atoms with E-state index in [2.05, 4.69) is 159 Å². The Balaban J connectivity index is 1.40. The Kier molecular flexibility index (Phi) is 5.47. The van der Waals surface area contributed by atoms with Gasteiger partial charge in [0.2, 0.25) is 0 Å². The van der Waals surface area contributed by atoms with E-state index in [0.717, 1.165) is 0 Å². The van der Waals surface area contributed by atoms with Crippen molar-refractivity contribution in [3.05, 3.63) is 157 Å². The molecule has 8 aromatic carbocycles. The molecule has 0 atom stereocenters. The van der Waals surface area contributed by atoms with Crippen LogP contribution in [0, 0.1) is 6.92 Å². The Morgan fingerprint density at radius 2 is 0.805 bits per heavy atom. The standard InChI is InChI=1S/C41H28/c1-27-34-16-5-4-12-29(34)23-24-35(27)31-14-10-15-32(26-31)40-36-17-6-8-19-38(36)41(39-20-9-7-18-37(39)40)33-22-21-28-11-2-3-13-30(28)25-33/h2-26H,1H3. The molecule has 0 radical (unpaired) electrons. The lowest BCUT2D eigenvalue weighted by Gasteiger charge is -2.19. The molecular formula is C41H28. The van der Waals surface area contributed by atoms with Gasteiger partial charge in [-0.1, -0.05) is 140 Å². The Bertz CT molecular complexity index is 2210. The van der Waals surface area contributed by atoms with Crippen molar-refractivity contribution in [1.82, 2.24) is 0 Å². The summed E-state index contributed by atoms with van der Waals surface area (Å²) >= 11 is 0. The lowest BCUT2D eigenvalue weighted by molar-refractivity contribution is 1.50. The van der Waals surface area contributed by atoms with Crippen LogP contribution >= 0.6 is 0 Å². The highest BCUT2D eigenvalue weighted by Gasteiger charge is 2.17. The molecule has 0 amide bonds. The first-order chi connectivity index (χ1) is 20.3. The molecule has 0 saturated carbocycles. The van der Waals surface area contributed by atoms with Crippen LogP contribution in [-0.2, 0) is 0 Å². The van der Waals surface area contributed by atoms with Crippen LogP contribution < -0.4 is 0 Å². The molecule has 0 heterocycles. The van der Waals surface area contributed by atoms with Crippen LogP contribution in [0.2, 0.25) is 0 Å². The van der Waals surface area contributed by atoms with Crippen molar-refractivity contribution >= 4 is 43.1 Å². The van der Waals surface area contributed by atoms with Crippen LogP contribution in [0.25, 0.3) is 76.5 Å². The highest BCUT2D eigenvalue weighted by Crippen LogP contribution is 2.44. The Labute approximate surface area is 240 Å². The van der Waals surface area contributed by atoms with Gasteiger partial charge in [0.15, 0.2) is 0 Å². The smallest absolute Gasteiger partial charge is 0.00262 e. The van der Waals surface area contributed by atoms with E-state index in [1.165, 1.54) is 82.0 Å². The van der Waals surface area contributed by atoms with Gasteiger partial charge in [-0.05, 0) is 101 Å². The van der Waals surface area contributed by atoms with Crippen LogP contribution in [0.1, 0.15) is 5.56 Å². The predicted octanol–water partition coefficient (Wildman–Crippen LogP) is 11.6. The Morgan fingerprint density at radius 3 is 1.46 bits per heavy atom. The van der Waals surface area contributed by atoms with Gasteiger partial charge >= 0.3 is 0 Å². The van der Waals surface area contributed by atoms with E-state index in [1.54, 1.807) is 0 Å². The molecule has 0 heteroatoms. The molecule has 0 fully saturated rings. The molecule has 0 saturated heterocycles. The Morgan fingerprint density at radius 1 is 0.317 bits per heavy atom. The van der Waals surface area contributed by atoms with Crippen LogP contribution in [-0.4, -0.2) is 0 Å². The van der Waals surface area contributed by atoms with E-state index in [9.17, 15) is 0 Å². The maximum Gasteiger partial charge on any atom is -0.00262 e. The van der Waals surface area contributed by atoms with Crippen LogP contribution in [0.5, 0.6) is 0 Å². The molecule has 8 aromatic rings. The van der Waals surface area contributed by atoms with Crippen LogP contribution in [0.15, 0.2) is 152 Å². The zero-order valence-electron chi connectivity index (χ0n) is 22.9. The highest BCUT2D eigenvalue weighted by atomic mass is 14.2. The van der Waals surface area contributed by atoms with Gasteiger partial charge in [0.25, 0.3) is 0 Å². The normalized spacial score (nSPS) is 11.5. The second-order valence-electron chi connectivity index (χ2n) is 10.9. The largest absolute Gasteiger partial charge is 0.0616 e. The van der Waals surface area contributed by atoms with E-state index in [0.29, 0.717) is 0 Å². The average molecular weight is 521 g/mol. The third-order valence-electron chi connectivity index (χ3n) is 8.63. The SMILES string of the molecule is Cc1c(-c2cccc(-c3c4ccccc4c(-c4ccc5ccccc5c4)c4ccccc34)c2)ccc2ccccc12. The average Bonchev–Trinajstić information content (AvgIpc) is 3.03. The molecule has 0 aliphatic heterocycles. The van der Waals surface area contributed by atoms with Crippen molar-refractivity contribution in [2.75, 3.05) is 0 Å². The summed E-state index contributed by atoms with van der Waals surface area (Å²) in [5, 5.41) is 10.2. The minimum Gasteiger partial charge on any atom is -0.0616 e. The second-order valence-corrected chi connectivity index (χ2v) is 10.9. The fraction of sp³-hybridized carbons (Fsp3) is 0.0244. The fourth-order valence-corrected chi connectivity index (χ4v) is 6.68. The van der Waals surface area contributed by atoms with Crippen LogP contribution in [0.4, 0.5) is 0 Å². The quantitative estimate of drug-likeness (QED) is 0.203. The summed E-state index contributed by atoms with van der Waals surface area (Å²) in [6, 6.07) is 55.6. The summed E-state index contributed by atoms with van der Waals surface area (Å²) in [5.74, 6) is 0. The Hall–Kier alpha value is -5.20. The summed E-state index contributed by atoms with van der Waals surface area (Å²) in [5.41, 5.74) is 8.94. The molecule has 41 heavy (non-hydrogen) atoms. The molecule has 8 rings (SSSR count). The van der Waals surface area contributed by atoms with E-state index in [4.69, 9.17) is 0 Å². The highest BCUT2D eigenvalue weighted by molar-refractivity contribution is 6.21. The van der Waals surface area contributed by atoms with Crippen molar-refractivity contribution in [1.29, 1.82) is 0 Å². The van der Waals surface area contributed by atoms with Crippen molar-refractivity contribution in [3.8, 4) is 33.4 Å². The van der Waals surface area contributed by atoms with Gasteiger partial charge in [0.1, 0.15) is 0 Å². The second kappa shape index (κ2) is 9.47. The first-order valence-electron chi connectivity index (χ1n) is 14.3. The molecular weight excluding hydrogens is 492 g/mol. The fourth-order valence-electron chi connectivity index (χ4n) is 6.68. The van der Waals surface area contributed by atoms with E-state index in [1.807, 2.05) is 0 Å². The number of fused-ring (bicyclic) bond motifs is 4. The molecule has 0 aliphatic carbocycles. The first-order valence-corrected chi connectivity index (χ1v) is 14.3. The molecule has 0 bridgehead atoms. The molecule has 0 aromatic heterocycles. The van der Waals surface area contributed by atoms with Gasteiger partial charge in [-0.25, -0.2) is 0 Å². The van der Waals surface area contributed by atoms with E-state index >= 15 is 0 Å². The third-order valence-corrected chi connectivity index (χ3v) is 8.63. The van der Waals surface area contributed by atoms with Gasteiger partial charge in [-0.3, -0.25) is 0 Å². The van der Waals surface area contributed by atoms with Gasteiger partial charge in [0, 0.05) is 0 Å². The lowest BCUT2D eigenvalue weighted by atomic mass is 9.85. The lowest BCUT2D eigenvalue weighted by Crippen LogP contribution is -1.92. The third kappa shape index (κ3) is 3.84. The van der Waals surface area contributed by atoms with Crippen molar-refractivity contribution in [3.63, 3.8) is 0 Å². The summed E-state index contributed by atoms with van der Waals surface area (Å²) in [6.45, 7) is 2.24. The summed E-state index contributed by atoms with van der Waals surface area (Å²) in [7, 11) is 0. The molecule has 0 nitrogen and oxygen atoms in total. The summed E-state index contributed by atoms with van der Waals surface area (Å²) in [4.78, 5) is 0. The molecule has 192 valence electrons. The van der Waals surface area contributed by atoms with Crippen LogP contribution in [0.3, 0.4) is 0 Å². The minimum atomic E-state index is 1.24. The molecule has 0 spiro atoms. The van der Waals surface area contributed by atoms with Crippen molar-refractivity contribution < 1.29 is 0 Å². The summed E-state index contributed by atoms with van der Waals surface area (Å²) < 4.78 is 0. The topological polar surface area (TPSA) is 0 Å². The molecule has 0 aliphatic rings.